The third-order valence-electron chi connectivity index (χ3n) is 4.73. The fraction of sp³-hybridized carbons (Fsp3) is 0.429. The molecule has 0 bridgehead atoms. The highest BCUT2D eigenvalue weighted by Gasteiger charge is 2.55. The Bertz CT molecular complexity index is 819. The zero-order chi connectivity index (χ0) is 19.8. The van der Waals surface area contributed by atoms with Gasteiger partial charge in [0.25, 0.3) is 0 Å². The van der Waals surface area contributed by atoms with E-state index in [1.807, 2.05) is 45.0 Å². The predicted molar refractivity (Wildman–Crippen MR) is 98.6 cm³/mol. The van der Waals surface area contributed by atoms with Crippen LogP contribution in [-0.2, 0) is 28.5 Å². The Morgan fingerprint density at radius 2 is 1.52 bits per heavy atom. The lowest BCUT2D eigenvalue weighted by molar-refractivity contribution is -0.245. The average Bonchev–Trinajstić information content (AvgIpc) is 2.99. The van der Waals surface area contributed by atoms with Crippen molar-refractivity contribution in [3.63, 3.8) is 0 Å². The first kappa shape index (κ1) is 19.3. The van der Waals surface area contributed by atoms with Crippen LogP contribution in [0.25, 0.3) is 5.57 Å². The Hall–Kier alpha value is -2.44. The van der Waals surface area contributed by atoms with Gasteiger partial charge in [0.15, 0.2) is 0 Å². The Morgan fingerprint density at radius 3 is 2.04 bits per heavy atom. The minimum atomic E-state index is -1.50. The summed E-state index contributed by atoms with van der Waals surface area (Å²) in [5.74, 6) is -2.83. The predicted octanol–water partition coefficient (Wildman–Crippen LogP) is 2.80. The summed E-state index contributed by atoms with van der Waals surface area (Å²) in [6.07, 6.45) is 1.60. The van der Waals surface area contributed by atoms with Crippen molar-refractivity contribution in [1.29, 1.82) is 0 Å². The van der Waals surface area contributed by atoms with E-state index in [0.29, 0.717) is 18.8 Å². The van der Waals surface area contributed by atoms with E-state index < -0.39 is 17.7 Å². The molecule has 1 aromatic rings. The molecule has 144 valence electrons. The summed E-state index contributed by atoms with van der Waals surface area (Å²) in [6, 6.07) is 7.71. The normalized spacial score (nSPS) is 20.4. The molecule has 1 fully saturated rings. The molecular formula is C21H24O6. The molecule has 0 radical (unpaired) electrons. The highest BCUT2D eigenvalue weighted by molar-refractivity contribution is 6.10. The fourth-order valence-corrected chi connectivity index (χ4v) is 3.22. The summed E-state index contributed by atoms with van der Waals surface area (Å²) in [7, 11) is 2.52. The standard InChI is InChI=1S/C21H24O6/c1-13-6-8-14(9-7-13)16-10-15(18(22)24-4)17(19(23)25-5)21(16)26-11-20(2,3)12-27-21/h6-10H,11-12H2,1-5H3. The SMILES string of the molecule is COC(=O)C1=C(C(=O)OC)C2(OCC(C)(C)CO2)C(c2ccc(C)cc2)=C1. The van der Waals surface area contributed by atoms with E-state index >= 15 is 0 Å². The van der Waals surface area contributed by atoms with Crippen molar-refractivity contribution >= 4 is 17.5 Å². The van der Waals surface area contributed by atoms with Crippen molar-refractivity contribution in [3.8, 4) is 0 Å². The van der Waals surface area contributed by atoms with Crippen LogP contribution in [0.2, 0.25) is 0 Å². The number of carbonyl (C=O) groups is 2. The second-order valence-electron chi connectivity index (χ2n) is 7.55. The quantitative estimate of drug-likeness (QED) is 0.760. The molecule has 6 heteroatoms. The highest BCUT2D eigenvalue weighted by Crippen LogP contribution is 2.49. The van der Waals surface area contributed by atoms with E-state index in [0.717, 1.165) is 11.1 Å². The molecule has 3 rings (SSSR count). The number of aryl methyl sites for hydroxylation is 1. The second-order valence-corrected chi connectivity index (χ2v) is 7.55. The van der Waals surface area contributed by atoms with Crippen LogP contribution in [0.15, 0.2) is 41.5 Å². The van der Waals surface area contributed by atoms with Gasteiger partial charge in [0.2, 0.25) is 5.79 Å². The molecule has 0 saturated carbocycles. The zero-order valence-corrected chi connectivity index (χ0v) is 16.3. The lowest BCUT2D eigenvalue weighted by atomic mass is 9.90. The van der Waals surface area contributed by atoms with Crippen molar-refractivity contribution in [1.82, 2.24) is 0 Å². The van der Waals surface area contributed by atoms with Crippen LogP contribution in [0.5, 0.6) is 0 Å². The molecule has 27 heavy (non-hydrogen) atoms. The Kier molecular flexibility index (Phi) is 4.97. The summed E-state index contributed by atoms with van der Waals surface area (Å²) in [4.78, 5) is 25.0. The van der Waals surface area contributed by atoms with Crippen LogP contribution < -0.4 is 0 Å². The van der Waals surface area contributed by atoms with Crippen molar-refractivity contribution in [3.05, 3.63) is 52.6 Å². The summed E-state index contributed by atoms with van der Waals surface area (Å²) in [5.41, 5.74) is 2.34. The van der Waals surface area contributed by atoms with Gasteiger partial charge < -0.3 is 18.9 Å². The zero-order valence-electron chi connectivity index (χ0n) is 16.3. The second kappa shape index (κ2) is 6.94. The van der Waals surface area contributed by atoms with Crippen LogP contribution in [0.1, 0.15) is 25.0 Å². The van der Waals surface area contributed by atoms with Crippen LogP contribution >= 0.6 is 0 Å². The van der Waals surface area contributed by atoms with Crippen LogP contribution in [0.3, 0.4) is 0 Å². The van der Waals surface area contributed by atoms with Crippen molar-refractivity contribution < 1.29 is 28.5 Å². The number of hydrogen-bond donors (Lipinski definition) is 0. The van der Waals surface area contributed by atoms with Gasteiger partial charge in [0.05, 0.1) is 33.0 Å². The number of benzene rings is 1. The van der Waals surface area contributed by atoms with E-state index in [9.17, 15) is 9.59 Å². The molecule has 0 amide bonds. The maximum atomic E-state index is 12.6. The molecule has 0 N–H and O–H groups in total. The van der Waals surface area contributed by atoms with Gasteiger partial charge in [-0.05, 0) is 18.6 Å². The number of ether oxygens (including phenoxy) is 4. The molecule has 1 saturated heterocycles. The molecular weight excluding hydrogens is 348 g/mol. The Morgan fingerprint density at radius 1 is 0.963 bits per heavy atom. The average molecular weight is 372 g/mol. The van der Waals surface area contributed by atoms with Gasteiger partial charge in [-0.1, -0.05) is 43.7 Å². The molecule has 0 unspecified atom stereocenters. The van der Waals surface area contributed by atoms with E-state index in [1.54, 1.807) is 6.08 Å². The van der Waals surface area contributed by atoms with Crippen molar-refractivity contribution in [2.45, 2.75) is 26.6 Å². The fourth-order valence-electron chi connectivity index (χ4n) is 3.22. The number of hydrogen-bond acceptors (Lipinski definition) is 6. The lowest BCUT2D eigenvalue weighted by Gasteiger charge is -2.43. The molecule has 6 nitrogen and oxygen atoms in total. The maximum absolute atomic E-state index is 12.6. The highest BCUT2D eigenvalue weighted by atomic mass is 16.7. The minimum Gasteiger partial charge on any atom is -0.465 e. The van der Waals surface area contributed by atoms with E-state index in [-0.39, 0.29) is 16.6 Å². The third kappa shape index (κ3) is 3.31. The number of carbonyl (C=O) groups excluding carboxylic acids is 2. The van der Waals surface area contributed by atoms with Crippen LogP contribution in [-0.4, -0.2) is 45.2 Å². The molecule has 2 aliphatic rings. The summed E-state index contributed by atoms with van der Waals surface area (Å²) in [6.45, 7) is 6.70. The maximum Gasteiger partial charge on any atom is 0.340 e. The number of esters is 2. The van der Waals surface area contributed by atoms with Gasteiger partial charge in [0.1, 0.15) is 5.57 Å². The molecule has 1 spiro atoms. The smallest absolute Gasteiger partial charge is 0.340 e. The van der Waals surface area contributed by atoms with Crippen molar-refractivity contribution in [2.75, 3.05) is 27.4 Å². The number of rotatable bonds is 3. The first-order chi connectivity index (χ1) is 12.7. The van der Waals surface area contributed by atoms with Gasteiger partial charge >= 0.3 is 11.9 Å². The van der Waals surface area contributed by atoms with Gasteiger partial charge in [-0.25, -0.2) is 9.59 Å². The monoisotopic (exact) mass is 372 g/mol. The Balaban J connectivity index is 2.19. The Labute approximate surface area is 158 Å². The van der Waals surface area contributed by atoms with Gasteiger partial charge in [-0.15, -0.1) is 0 Å². The lowest BCUT2D eigenvalue weighted by Crippen LogP contribution is -2.50. The summed E-state index contributed by atoms with van der Waals surface area (Å²) in [5, 5.41) is 0. The molecule has 1 aliphatic heterocycles. The molecule has 1 aromatic carbocycles. The summed E-state index contributed by atoms with van der Waals surface area (Å²) >= 11 is 0. The largest absolute Gasteiger partial charge is 0.465 e. The molecule has 0 aromatic heterocycles. The van der Waals surface area contributed by atoms with Crippen LogP contribution in [0, 0.1) is 12.3 Å². The topological polar surface area (TPSA) is 71.1 Å². The number of methoxy groups -OCH3 is 2. The molecule has 1 heterocycles. The summed E-state index contributed by atoms with van der Waals surface area (Å²) < 4.78 is 22.1. The van der Waals surface area contributed by atoms with Gasteiger partial charge in [0, 0.05) is 11.0 Å². The third-order valence-corrected chi connectivity index (χ3v) is 4.73. The van der Waals surface area contributed by atoms with E-state index in [1.165, 1.54) is 14.2 Å². The van der Waals surface area contributed by atoms with Gasteiger partial charge in [-0.2, -0.15) is 0 Å². The first-order valence-corrected chi connectivity index (χ1v) is 8.72. The van der Waals surface area contributed by atoms with Crippen molar-refractivity contribution in [2.24, 2.45) is 5.41 Å². The minimum absolute atomic E-state index is 0.0166. The molecule has 1 aliphatic carbocycles. The van der Waals surface area contributed by atoms with E-state index in [2.05, 4.69) is 0 Å². The van der Waals surface area contributed by atoms with E-state index in [4.69, 9.17) is 18.9 Å². The first-order valence-electron chi connectivity index (χ1n) is 8.72. The van der Waals surface area contributed by atoms with Crippen LogP contribution in [0.4, 0.5) is 0 Å². The van der Waals surface area contributed by atoms with Gasteiger partial charge in [-0.3, -0.25) is 0 Å². The molecule has 0 atom stereocenters.